The van der Waals surface area contributed by atoms with Crippen molar-refractivity contribution in [1.82, 2.24) is 0 Å². The van der Waals surface area contributed by atoms with Crippen LogP contribution in [0.1, 0.15) is 125 Å². The van der Waals surface area contributed by atoms with Gasteiger partial charge in [-0.15, -0.1) is 0 Å². The Morgan fingerprint density at radius 3 is 1.53 bits per heavy atom. The van der Waals surface area contributed by atoms with Gasteiger partial charge in [0.15, 0.2) is 6.29 Å². The molecule has 1 aromatic rings. The molecule has 1 unspecified atom stereocenters. The molecular formula is C31H54O3. The van der Waals surface area contributed by atoms with E-state index in [-0.39, 0.29) is 6.29 Å². The molecule has 1 aromatic carbocycles. The fourth-order valence-corrected chi connectivity index (χ4v) is 6.03. The molecule has 3 heteroatoms. The van der Waals surface area contributed by atoms with Crippen molar-refractivity contribution >= 4 is 0 Å². The Morgan fingerprint density at radius 2 is 1.12 bits per heavy atom. The zero-order valence-electron chi connectivity index (χ0n) is 23.7. The molecule has 0 saturated heterocycles. The van der Waals surface area contributed by atoms with Gasteiger partial charge in [0.25, 0.3) is 0 Å². The Bertz CT molecular complexity index is 662. The number of hydrogen-bond donors (Lipinski definition) is 0. The van der Waals surface area contributed by atoms with Gasteiger partial charge in [0.1, 0.15) is 5.75 Å². The highest BCUT2D eigenvalue weighted by molar-refractivity contribution is 5.28. The van der Waals surface area contributed by atoms with E-state index < -0.39 is 0 Å². The van der Waals surface area contributed by atoms with Crippen LogP contribution in [-0.2, 0) is 9.47 Å². The van der Waals surface area contributed by atoms with Crippen molar-refractivity contribution in [2.75, 3.05) is 0 Å². The van der Waals surface area contributed by atoms with Gasteiger partial charge in [-0.2, -0.15) is 0 Å². The molecule has 34 heavy (non-hydrogen) atoms. The number of ether oxygens (including phenoxy) is 3. The molecule has 196 valence electrons. The van der Waals surface area contributed by atoms with E-state index in [1.165, 1.54) is 44.1 Å². The van der Waals surface area contributed by atoms with Crippen LogP contribution in [0.25, 0.3) is 0 Å². The van der Waals surface area contributed by atoms with Gasteiger partial charge in [-0.1, -0.05) is 53.7 Å². The number of benzene rings is 1. The van der Waals surface area contributed by atoms with E-state index >= 15 is 0 Å². The highest BCUT2D eigenvalue weighted by atomic mass is 16.7. The summed E-state index contributed by atoms with van der Waals surface area (Å²) in [4.78, 5) is 0. The Hall–Kier alpha value is -1.06. The minimum absolute atomic E-state index is 0.203. The quantitative estimate of drug-likeness (QED) is 0.334. The monoisotopic (exact) mass is 474 g/mol. The van der Waals surface area contributed by atoms with Gasteiger partial charge >= 0.3 is 0 Å². The molecule has 0 radical (unpaired) electrons. The lowest BCUT2D eigenvalue weighted by molar-refractivity contribution is -0.126. The van der Waals surface area contributed by atoms with E-state index in [1.54, 1.807) is 0 Å². The highest BCUT2D eigenvalue weighted by Gasteiger charge is 2.41. The highest BCUT2D eigenvalue weighted by Crippen LogP contribution is 2.49. The van der Waals surface area contributed by atoms with Crippen LogP contribution in [-0.4, -0.2) is 24.6 Å². The van der Waals surface area contributed by atoms with Crippen molar-refractivity contribution in [2.45, 2.75) is 144 Å². The van der Waals surface area contributed by atoms with Crippen LogP contribution in [0.2, 0.25) is 0 Å². The van der Waals surface area contributed by atoms with Gasteiger partial charge in [0.05, 0.1) is 18.3 Å². The Labute approximate surface area is 211 Å². The largest absolute Gasteiger partial charge is 0.465 e. The van der Waals surface area contributed by atoms with Gasteiger partial charge in [0.2, 0.25) is 0 Å². The van der Waals surface area contributed by atoms with Crippen LogP contribution in [0.15, 0.2) is 24.3 Å². The fraction of sp³-hybridized carbons (Fsp3) is 0.806. The third kappa shape index (κ3) is 8.55. The maximum atomic E-state index is 6.29. The van der Waals surface area contributed by atoms with Crippen molar-refractivity contribution in [3.8, 4) is 5.75 Å². The summed E-state index contributed by atoms with van der Waals surface area (Å²) in [6, 6.07) is 8.44. The summed E-state index contributed by atoms with van der Waals surface area (Å²) in [5.74, 6) is 3.07. The van der Waals surface area contributed by atoms with Gasteiger partial charge in [-0.25, -0.2) is 0 Å². The topological polar surface area (TPSA) is 27.7 Å². The predicted octanol–water partition coefficient (Wildman–Crippen LogP) is 9.15. The first-order valence-corrected chi connectivity index (χ1v) is 14.2. The third-order valence-corrected chi connectivity index (χ3v) is 8.15. The number of rotatable bonds is 9. The standard InChI is InChI=1S/C29H48O3.C2H6/c1-20(2)23-8-14-27(15-9-23)31-22(5)32-28-18-12-25(13-19-28)29(6,7)24-10-16-26(17-11-24)30-21(3)4;1-2/h8-9,14-15,20-22,24-26,28H,10-13,16-19H2,1-7H3;1-2H3. The Morgan fingerprint density at radius 1 is 0.676 bits per heavy atom. The normalized spacial score (nSPS) is 26.7. The first kappa shape index (κ1) is 29.2. The molecule has 0 bridgehead atoms. The molecule has 2 fully saturated rings. The van der Waals surface area contributed by atoms with Crippen molar-refractivity contribution < 1.29 is 14.2 Å². The molecule has 0 spiro atoms. The van der Waals surface area contributed by atoms with Crippen molar-refractivity contribution in [3.63, 3.8) is 0 Å². The SMILES string of the molecule is CC.CC(C)OC1CCC(C(C)(C)C2CCC(OC(C)Oc3ccc(C(C)C)cc3)CC2)CC1. The second-order valence-electron chi connectivity index (χ2n) is 11.5. The zero-order valence-corrected chi connectivity index (χ0v) is 23.7. The molecule has 0 amide bonds. The van der Waals surface area contributed by atoms with Crippen LogP contribution in [0.4, 0.5) is 0 Å². The lowest BCUT2D eigenvalue weighted by Crippen LogP contribution is -2.39. The average Bonchev–Trinajstić information content (AvgIpc) is 2.81. The van der Waals surface area contributed by atoms with Crippen molar-refractivity contribution in [1.29, 1.82) is 0 Å². The smallest absolute Gasteiger partial charge is 0.197 e. The maximum absolute atomic E-state index is 6.29. The third-order valence-electron chi connectivity index (χ3n) is 8.15. The molecule has 1 atom stereocenters. The van der Waals surface area contributed by atoms with Crippen LogP contribution in [0.5, 0.6) is 5.75 Å². The molecule has 3 nitrogen and oxygen atoms in total. The van der Waals surface area contributed by atoms with E-state index in [2.05, 4.69) is 65.8 Å². The number of hydrogen-bond acceptors (Lipinski definition) is 3. The van der Waals surface area contributed by atoms with Gasteiger partial charge in [-0.05, 0) is 113 Å². The molecule has 0 aromatic heterocycles. The van der Waals surface area contributed by atoms with Crippen LogP contribution in [0, 0.1) is 17.3 Å². The molecule has 3 rings (SSSR count). The molecule has 0 heterocycles. The molecule has 2 aliphatic rings. The Balaban J connectivity index is 0.00000199. The van der Waals surface area contributed by atoms with Gasteiger partial charge < -0.3 is 14.2 Å². The lowest BCUT2D eigenvalue weighted by atomic mass is 9.60. The second-order valence-corrected chi connectivity index (χ2v) is 11.5. The summed E-state index contributed by atoms with van der Waals surface area (Å²) in [5.41, 5.74) is 1.75. The van der Waals surface area contributed by atoms with Crippen LogP contribution < -0.4 is 4.74 Å². The summed E-state index contributed by atoms with van der Waals surface area (Å²) in [5, 5.41) is 0. The zero-order chi connectivity index (χ0) is 25.3. The van der Waals surface area contributed by atoms with E-state index in [0.29, 0.717) is 29.6 Å². The summed E-state index contributed by atoms with van der Waals surface area (Å²) in [7, 11) is 0. The van der Waals surface area contributed by atoms with Gasteiger partial charge in [-0.3, -0.25) is 0 Å². The predicted molar refractivity (Wildman–Crippen MR) is 145 cm³/mol. The van der Waals surface area contributed by atoms with Crippen LogP contribution in [0.3, 0.4) is 0 Å². The first-order valence-electron chi connectivity index (χ1n) is 14.2. The van der Waals surface area contributed by atoms with Crippen molar-refractivity contribution in [2.24, 2.45) is 17.3 Å². The molecule has 0 aliphatic heterocycles. The minimum atomic E-state index is -0.203. The summed E-state index contributed by atoms with van der Waals surface area (Å²) in [6.07, 6.45) is 10.9. The van der Waals surface area contributed by atoms with Crippen molar-refractivity contribution in [3.05, 3.63) is 29.8 Å². The molecule has 0 N–H and O–H groups in total. The molecular weight excluding hydrogens is 420 g/mol. The first-order chi connectivity index (χ1) is 16.1. The molecule has 2 aliphatic carbocycles. The van der Waals surface area contributed by atoms with Gasteiger partial charge in [0, 0.05) is 0 Å². The molecule has 2 saturated carbocycles. The Kier molecular flexibility index (Phi) is 11.9. The maximum Gasteiger partial charge on any atom is 0.197 e. The summed E-state index contributed by atoms with van der Waals surface area (Å²) >= 11 is 0. The van der Waals surface area contributed by atoms with E-state index in [9.17, 15) is 0 Å². The summed E-state index contributed by atoms with van der Waals surface area (Å²) < 4.78 is 18.4. The lowest BCUT2D eigenvalue weighted by Gasteiger charge is -2.47. The average molecular weight is 475 g/mol. The van der Waals surface area contributed by atoms with E-state index in [0.717, 1.165) is 30.4 Å². The van der Waals surface area contributed by atoms with E-state index in [4.69, 9.17) is 14.2 Å². The van der Waals surface area contributed by atoms with E-state index in [1.807, 2.05) is 20.8 Å². The summed E-state index contributed by atoms with van der Waals surface area (Å²) in [6.45, 7) is 19.8. The van der Waals surface area contributed by atoms with Crippen LogP contribution >= 0.6 is 0 Å². The fourth-order valence-electron chi connectivity index (χ4n) is 6.03. The second kappa shape index (κ2) is 13.9. The minimum Gasteiger partial charge on any atom is -0.465 e.